The van der Waals surface area contributed by atoms with Gasteiger partial charge in [0.15, 0.2) is 6.29 Å². The molecule has 0 atom stereocenters. The van der Waals surface area contributed by atoms with Crippen LogP contribution in [0.15, 0.2) is 30.3 Å². The molecule has 3 aliphatic rings. The second-order valence-electron chi connectivity index (χ2n) is 12.9. The summed E-state index contributed by atoms with van der Waals surface area (Å²) in [4.78, 5) is 0. The minimum Gasteiger partial charge on any atom is -0.432 e. The van der Waals surface area contributed by atoms with Crippen molar-refractivity contribution in [1.82, 2.24) is 0 Å². The molecule has 240 valence electrons. The van der Waals surface area contributed by atoms with Crippen LogP contribution in [0.2, 0.25) is 0 Å². The van der Waals surface area contributed by atoms with Crippen molar-refractivity contribution in [3.05, 3.63) is 53.3 Å². The maximum absolute atomic E-state index is 15.2. The van der Waals surface area contributed by atoms with E-state index in [2.05, 4.69) is 6.92 Å². The fourth-order valence-electron chi connectivity index (χ4n) is 7.36. The Bertz CT molecular complexity index is 1270. The predicted molar refractivity (Wildman–Crippen MR) is 156 cm³/mol. The van der Waals surface area contributed by atoms with E-state index in [-0.39, 0.29) is 23.2 Å². The van der Waals surface area contributed by atoms with Gasteiger partial charge in [-0.25, -0.2) is 13.2 Å². The van der Waals surface area contributed by atoms with Gasteiger partial charge in [-0.3, -0.25) is 0 Å². The number of nitrogens with zero attached hydrogens (tertiary/aromatic N) is 1. The Hall–Kier alpha value is -2.70. The third-order valence-corrected chi connectivity index (χ3v) is 9.98. The van der Waals surface area contributed by atoms with Crippen molar-refractivity contribution in [2.24, 2.45) is 29.6 Å². The van der Waals surface area contributed by atoms with Gasteiger partial charge >= 0.3 is 6.11 Å². The molecule has 0 bridgehead atoms. The number of hydrogen-bond donors (Lipinski definition) is 0. The molecule has 9 heteroatoms. The maximum Gasteiger partial charge on any atom is 0.400 e. The predicted octanol–water partition coefficient (Wildman–Crippen LogP) is 9.80. The zero-order chi connectivity index (χ0) is 31.3. The third kappa shape index (κ3) is 7.74. The topological polar surface area (TPSA) is 51.5 Å². The quantitative estimate of drug-likeness (QED) is 0.196. The highest BCUT2D eigenvalue weighted by atomic mass is 19.3. The Morgan fingerprint density at radius 3 is 1.98 bits per heavy atom. The molecule has 1 aliphatic heterocycles. The summed E-state index contributed by atoms with van der Waals surface area (Å²) in [7, 11) is 0. The molecule has 2 aromatic rings. The van der Waals surface area contributed by atoms with Gasteiger partial charge in [0.2, 0.25) is 0 Å². The lowest BCUT2D eigenvalue weighted by atomic mass is 9.69. The summed E-state index contributed by atoms with van der Waals surface area (Å²) in [6.45, 7) is 3.77. The van der Waals surface area contributed by atoms with Gasteiger partial charge in [0.25, 0.3) is 0 Å². The van der Waals surface area contributed by atoms with Crippen molar-refractivity contribution in [2.45, 2.75) is 96.4 Å². The fraction of sp³-hybridized carbons (Fsp3) is 0.629. The first-order chi connectivity index (χ1) is 21.2. The minimum atomic E-state index is -3.48. The van der Waals surface area contributed by atoms with E-state index < -0.39 is 35.0 Å². The Labute approximate surface area is 256 Å². The van der Waals surface area contributed by atoms with E-state index in [0.717, 1.165) is 75.6 Å². The number of nitriles is 1. The Kier molecular flexibility index (Phi) is 10.8. The molecule has 1 heterocycles. The highest BCUT2D eigenvalue weighted by Crippen LogP contribution is 2.46. The van der Waals surface area contributed by atoms with Crippen LogP contribution in [0, 0.1) is 58.4 Å². The number of hydrogen-bond acceptors (Lipinski definition) is 4. The van der Waals surface area contributed by atoms with Crippen LogP contribution in [0.3, 0.4) is 0 Å². The maximum atomic E-state index is 15.2. The Morgan fingerprint density at radius 1 is 0.818 bits per heavy atom. The van der Waals surface area contributed by atoms with E-state index in [1.807, 2.05) is 0 Å². The largest absolute Gasteiger partial charge is 0.432 e. The normalized spacial score (nSPS) is 27.9. The van der Waals surface area contributed by atoms with Crippen LogP contribution in [0.4, 0.5) is 22.0 Å². The number of benzene rings is 2. The lowest BCUT2D eigenvalue weighted by Gasteiger charge is -2.41. The van der Waals surface area contributed by atoms with Crippen LogP contribution in [-0.4, -0.2) is 25.6 Å². The molecule has 3 fully saturated rings. The zero-order valence-corrected chi connectivity index (χ0v) is 25.3. The summed E-state index contributed by atoms with van der Waals surface area (Å²) < 4.78 is 90.4. The van der Waals surface area contributed by atoms with Gasteiger partial charge in [0.05, 0.1) is 19.1 Å². The molecule has 1 saturated heterocycles. The standard InChI is InChI=1S/C35H42F5NO3/c1-2-3-4-5-22-20-42-34(43-21-22)25-8-6-23(7-9-25)24-10-12-27(13-11-24)35(39,40)44-28-14-15-29(33(38)18-28)26-16-31(36)30(19-41)32(37)17-26/h14-18,22-25,27,34H,2-13,20-21H2,1H3. The first kappa shape index (κ1) is 32.7. The van der Waals surface area contributed by atoms with Crippen molar-refractivity contribution in [3.8, 4) is 22.9 Å². The number of unbranched alkanes of at least 4 members (excludes halogenated alkanes) is 2. The van der Waals surface area contributed by atoms with Gasteiger partial charge in [0.1, 0.15) is 34.8 Å². The van der Waals surface area contributed by atoms with Crippen LogP contribution in [-0.2, 0) is 9.47 Å². The van der Waals surface area contributed by atoms with Gasteiger partial charge < -0.3 is 14.2 Å². The molecule has 4 nitrogen and oxygen atoms in total. The van der Waals surface area contributed by atoms with Crippen molar-refractivity contribution in [3.63, 3.8) is 0 Å². The highest BCUT2D eigenvalue weighted by Gasteiger charge is 2.45. The summed E-state index contributed by atoms with van der Waals surface area (Å²) in [6.07, 6.45) is 7.54. The van der Waals surface area contributed by atoms with E-state index in [1.54, 1.807) is 0 Å². The van der Waals surface area contributed by atoms with Crippen molar-refractivity contribution in [1.29, 1.82) is 5.26 Å². The summed E-state index contributed by atoms with van der Waals surface area (Å²) in [6, 6.07) is 6.18. The Balaban J connectivity index is 1.08. The molecule has 2 saturated carbocycles. The van der Waals surface area contributed by atoms with Gasteiger partial charge in [-0.2, -0.15) is 14.0 Å². The van der Waals surface area contributed by atoms with Crippen molar-refractivity contribution in [2.75, 3.05) is 13.2 Å². The molecule has 0 unspecified atom stereocenters. The molecule has 0 spiro atoms. The van der Waals surface area contributed by atoms with Gasteiger partial charge in [-0.05, 0) is 99.5 Å². The van der Waals surface area contributed by atoms with Gasteiger partial charge in [-0.15, -0.1) is 0 Å². The second-order valence-corrected chi connectivity index (χ2v) is 12.9. The number of rotatable bonds is 10. The van der Waals surface area contributed by atoms with Crippen LogP contribution in [0.25, 0.3) is 11.1 Å². The van der Waals surface area contributed by atoms with Crippen LogP contribution in [0.1, 0.15) is 89.5 Å². The number of halogens is 5. The first-order valence-electron chi connectivity index (χ1n) is 16.2. The molecule has 44 heavy (non-hydrogen) atoms. The number of ether oxygens (including phenoxy) is 3. The average molecular weight is 620 g/mol. The molecule has 0 aromatic heterocycles. The van der Waals surface area contributed by atoms with E-state index in [4.69, 9.17) is 19.5 Å². The van der Waals surface area contributed by atoms with E-state index >= 15 is 8.78 Å². The van der Waals surface area contributed by atoms with E-state index in [1.165, 1.54) is 25.3 Å². The molecule has 0 radical (unpaired) electrons. The smallest absolute Gasteiger partial charge is 0.400 e. The van der Waals surface area contributed by atoms with Gasteiger partial charge in [-0.1, -0.05) is 26.2 Å². The molecular formula is C35H42F5NO3. The van der Waals surface area contributed by atoms with E-state index in [9.17, 15) is 13.2 Å². The van der Waals surface area contributed by atoms with Crippen molar-refractivity contribution >= 4 is 0 Å². The van der Waals surface area contributed by atoms with Crippen LogP contribution >= 0.6 is 0 Å². The highest BCUT2D eigenvalue weighted by molar-refractivity contribution is 5.66. The average Bonchev–Trinajstić information content (AvgIpc) is 3.01. The second kappa shape index (κ2) is 14.6. The summed E-state index contributed by atoms with van der Waals surface area (Å²) in [5.74, 6) is -2.73. The monoisotopic (exact) mass is 619 g/mol. The van der Waals surface area contributed by atoms with Crippen LogP contribution < -0.4 is 4.74 Å². The van der Waals surface area contributed by atoms with E-state index in [0.29, 0.717) is 49.4 Å². The van der Waals surface area contributed by atoms with Gasteiger partial charge in [0, 0.05) is 23.5 Å². The lowest BCUT2D eigenvalue weighted by molar-refractivity contribution is -0.232. The molecule has 2 aromatic carbocycles. The Morgan fingerprint density at radius 2 is 1.41 bits per heavy atom. The summed E-state index contributed by atoms with van der Waals surface area (Å²) in [5.41, 5.74) is -1.11. The summed E-state index contributed by atoms with van der Waals surface area (Å²) in [5, 5.41) is 8.83. The third-order valence-electron chi connectivity index (χ3n) is 9.98. The SMILES string of the molecule is CCCCCC1COC(C2CCC(C3CCC(C(F)(F)Oc4ccc(-c5cc(F)c(C#N)c(F)c5)c(F)c4)CC3)CC2)OC1. The first-order valence-corrected chi connectivity index (χ1v) is 16.2. The lowest BCUT2D eigenvalue weighted by Crippen LogP contribution is -2.40. The number of alkyl halides is 2. The molecule has 0 N–H and O–H groups in total. The van der Waals surface area contributed by atoms with Crippen molar-refractivity contribution < 1.29 is 36.2 Å². The molecular weight excluding hydrogens is 577 g/mol. The molecule has 0 amide bonds. The fourth-order valence-corrected chi connectivity index (χ4v) is 7.36. The molecule has 5 rings (SSSR count). The van der Waals surface area contributed by atoms with Crippen LogP contribution in [0.5, 0.6) is 5.75 Å². The molecule has 2 aliphatic carbocycles. The zero-order valence-electron chi connectivity index (χ0n) is 25.3. The minimum absolute atomic E-state index is 0.115. The summed E-state index contributed by atoms with van der Waals surface area (Å²) >= 11 is 0.